The number of benzene rings is 1. The number of piperidine rings is 1. The molecule has 2 rings (SSSR count). The molecule has 0 bridgehead atoms. The Labute approximate surface area is 151 Å². The predicted octanol–water partition coefficient (Wildman–Crippen LogP) is 2.02. The summed E-state index contributed by atoms with van der Waals surface area (Å²) in [5.41, 5.74) is 1.10. The lowest BCUT2D eigenvalue weighted by molar-refractivity contribution is -0.129. The summed E-state index contributed by atoms with van der Waals surface area (Å²) in [6, 6.07) is 9.15. The average Bonchev–Trinajstić information content (AvgIpc) is 2.61. The molecule has 5 heteroatoms. The van der Waals surface area contributed by atoms with Crippen LogP contribution in [0.4, 0.5) is 0 Å². The number of hydrogen-bond donors (Lipinski definition) is 3. The molecule has 2 amide bonds. The van der Waals surface area contributed by atoms with Crippen LogP contribution >= 0.6 is 0 Å². The number of carbonyl (C=O) groups is 2. The molecular formula is C20H31N3O2. The number of amides is 2. The topological polar surface area (TPSA) is 70.2 Å². The monoisotopic (exact) mass is 345 g/mol. The molecule has 25 heavy (non-hydrogen) atoms. The highest BCUT2D eigenvalue weighted by atomic mass is 16.2. The molecular weight excluding hydrogens is 314 g/mol. The van der Waals surface area contributed by atoms with Gasteiger partial charge in [-0.25, -0.2) is 0 Å². The van der Waals surface area contributed by atoms with Gasteiger partial charge >= 0.3 is 0 Å². The molecule has 1 aromatic carbocycles. The fourth-order valence-electron chi connectivity index (χ4n) is 3.21. The quantitative estimate of drug-likeness (QED) is 0.675. The van der Waals surface area contributed by atoms with Crippen LogP contribution in [0, 0.1) is 5.41 Å². The van der Waals surface area contributed by atoms with Crippen LogP contribution in [0.1, 0.15) is 45.1 Å². The van der Waals surface area contributed by atoms with E-state index in [0.29, 0.717) is 19.4 Å². The maximum Gasteiger partial charge on any atom is 0.242 e. The van der Waals surface area contributed by atoms with Gasteiger partial charge in [0.15, 0.2) is 0 Å². The van der Waals surface area contributed by atoms with E-state index in [4.69, 9.17) is 0 Å². The molecule has 1 heterocycles. The number of hydrogen-bond acceptors (Lipinski definition) is 3. The van der Waals surface area contributed by atoms with Crippen molar-refractivity contribution < 1.29 is 9.59 Å². The third-order valence-corrected chi connectivity index (χ3v) is 4.94. The molecule has 1 saturated heterocycles. The van der Waals surface area contributed by atoms with Crippen molar-refractivity contribution in [3.8, 4) is 0 Å². The maximum absolute atomic E-state index is 12.6. The van der Waals surface area contributed by atoms with E-state index >= 15 is 0 Å². The predicted molar refractivity (Wildman–Crippen MR) is 100 cm³/mol. The second-order valence-corrected chi connectivity index (χ2v) is 7.35. The van der Waals surface area contributed by atoms with Gasteiger partial charge in [0.1, 0.15) is 6.04 Å². The first kappa shape index (κ1) is 19.4. The van der Waals surface area contributed by atoms with Crippen LogP contribution in [-0.4, -0.2) is 37.5 Å². The molecule has 0 saturated carbocycles. The molecule has 0 aromatic heterocycles. The summed E-state index contributed by atoms with van der Waals surface area (Å²) >= 11 is 0. The Bertz CT molecular complexity index is 553. The normalized spacial score (nSPS) is 17.5. The lowest BCUT2D eigenvalue weighted by atomic mass is 9.81. The van der Waals surface area contributed by atoms with Crippen LogP contribution < -0.4 is 16.0 Å². The van der Waals surface area contributed by atoms with E-state index < -0.39 is 6.04 Å². The summed E-state index contributed by atoms with van der Waals surface area (Å²) in [7, 11) is 0. The van der Waals surface area contributed by atoms with Gasteiger partial charge in [-0.1, -0.05) is 50.6 Å². The average molecular weight is 345 g/mol. The van der Waals surface area contributed by atoms with Crippen molar-refractivity contribution in [3.63, 3.8) is 0 Å². The van der Waals surface area contributed by atoms with Crippen molar-refractivity contribution in [1.82, 2.24) is 16.0 Å². The van der Waals surface area contributed by atoms with Gasteiger partial charge in [0.05, 0.1) is 6.42 Å². The fraction of sp³-hybridized carbons (Fsp3) is 0.600. The molecule has 0 spiro atoms. The molecule has 138 valence electrons. The number of carbonyl (C=O) groups excluding carboxylic acids is 2. The van der Waals surface area contributed by atoms with Crippen LogP contribution in [0.3, 0.4) is 0 Å². The van der Waals surface area contributed by atoms with E-state index in [1.165, 1.54) is 0 Å². The van der Waals surface area contributed by atoms with Gasteiger partial charge in [-0.2, -0.15) is 0 Å². The third kappa shape index (κ3) is 6.50. The Balaban J connectivity index is 1.85. The van der Waals surface area contributed by atoms with Gasteiger partial charge in [-0.3, -0.25) is 9.59 Å². The molecule has 3 N–H and O–H groups in total. The van der Waals surface area contributed by atoms with Crippen LogP contribution in [0.2, 0.25) is 0 Å². The van der Waals surface area contributed by atoms with Crippen LogP contribution in [0.5, 0.6) is 0 Å². The van der Waals surface area contributed by atoms with E-state index in [1.807, 2.05) is 37.3 Å². The second kappa shape index (κ2) is 9.56. The van der Waals surface area contributed by atoms with E-state index in [-0.39, 0.29) is 17.2 Å². The summed E-state index contributed by atoms with van der Waals surface area (Å²) in [4.78, 5) is 24.8. The Hall–Kier alpha value is -1.88. The molecule has 1 aromatic rings. The zero-order chi connectivity index (χ0) is 18.1. The zero-order valence-corrected chi connectivity index (χ0v) is 15.4. The molecule has 1 aliphatic rings. The lowest BCUT2D eigenvalue weighted by Crippen LogP contribution is -2.50. The van der Waals surface area contributed by atoms with Crippen molar-refractivity contribution in [2.45, 2.75) is 52.0 Å². The minimum Gasteiger partial charge on any atom is -0.354 e. The van der Waals surface area contributed by atoms with Gasteiger partial charge in [-0.05, 0) is 43.3 Å². The van der Waals surface area contributed by atoms with Crippen LogP contribution in [0.15, 0.2) is 30.3 Å². The second-order valence-electron chi connectivity index (χ2n) is 7.35. The molecule has 5 nitrogen and oxygen atoms in total. The first-order valence-electron chi connectivity index (χ1n) is 9.34. The van der Waals surface area contributed by atoms with E-state index in [9.17, 15) is 9.59 Å². The lowest BCUT2D eigenvalue weighted by Gasteiger charge is -2.34. The van der Waals surface area contributed by atoms with Gasteiger partial charge in [0, 0.05) is 6.54 Å². The highest BCUT2D eigenvalue weighted by Gasteiger charge is 2.28. The Morgan fingerprint density at radius 2 is 1.88 bits per heavy atom. The maximum atomic E-state index is 12.6. The molecule has 1 unspecified atom stereocenters. The highest BCUT2D eigenvalue weighted by molar-refractivity contribution is 5.88. The zero-order valence-electron chi connectivity index (χ0n) is 15.4. The summed E-state index contributed by atoms with van der Waals surface area (Å²) in [6.07, 6.45) is 3.94. The third-order valence-electron chi connectivity index (χ3n) is 4.94. The van der Waals surface area contributed by atoms with Gasteiger partial charge < -0.3 is 16.0 Å². The van der Waals surface area contributed by atoms with Gasteiger partial charge in [0.2, 0.25) is 11.8 Å². The van der Waals surface area contributed by atoms with E-state index in [1.54, 1.807) is 0 Å². The molecule has 1 fully saturated rings. The Kier molecular flexibility index (Phi) is 7.44. The van der Waals surface area contributed by atoms with Gasteiger partial charge in [-0.15, -0.1) is 0 Å². The van der Waals surface area contributed by atoms with E-state index in [2.05, 4.69) is 22.9 Å². The molecule has 1 aliphatic heterocycles. The first-order valence-corrected chi connectivity index (χ1v) is 9.34. The van der Waals surface area contributed by atoms with E-state index in [0.717, 1.165) is 37.9 Å². The summed E-state index contributed by atoms with van der Waals surface area (Å²) in [5.74, 6) is -0.170. The van der Waals surface area contributed by atoms with Crippen molar-refractivity contribution in [2.75, 3.05) is 19.6 Å². The molecule has 1 atom stereocenters. The standard InChI is InChI=1S/C20H31N3O2/c1-3-7-17(23-18(24)14-16-8-5-4-6-9-16)19(25)22-15-20(2)10-12-21-13-11-20/h4-6,8-9,17,21H,3,7,10-15H2,1-2H3,(H,22,25)(H,23,24). The van der Waals surface area contributed by atoms with Gasteiger partial charge in [0.25, 0.3) is 0 Å². The molecule has 0 radical (unpaired) electrons. The first-order chi connectivity index (χ1) is 12.0. The van der Waals surface area contributed by atoms with Crippen molar-refractivity contribution >= 4 is 11.8 Å². The molecule has 0 aliphatic carbocycles. The smallest absolute Gasteiger partial charge is 0.242 e. The summed E-state index contributed by atoms with van der Waals surface area (Å²) in [6.45, 7) is 6.91. The SMILES string of the molecule is CCCC(NC(=O)Cc1ccccc1)C(=O)NCC1(C)CCNCC1. The van der Waals surface area contributed by atoms with Crippen molar-refractivity contribution in [1.29, 1.82) is 0 Å². The summed E-state index contributed by atoms with van der Waals surface area (Å²) < 4.78 is 0. The minimum absolute atomic E-state index is 0.0666. The number of rotatable bonds is 8. The minimum atomic E-state index is -0.452. The number of nitrogens with one attached hydrogen (secondary N) is 3. The Morgan fingerprint density at radius 1 is 1.20 bits per heavy atom. The van der Waals surface area contributed by atoms with Crippen LogP contribution in [-0.2, 0) is 16.0 Å². The van der Waals surface area contributed by atoms with Crippen molar-refractivity contribution in [3.05, 3.63) is 35.9 Å². The largest absolute Gasteiger partial charge is 0.354 e. The summed E-state index contributed by atoms with van der Waals surface area (Å²) in [5, 5.41) is 9.32. The fourth-order valence-corrected chi connectivity index (χ4v) is 3.21. The van der Waals surface area contributed by atoms with Crippen molar-refractivity contribution in [2.24, 2.45) is 5.41 Å². The Morgan fingerprint density at radius 3 is 2.52 bits per heavy atom. The van der Waals surface area contributed by atoms with Crippen LogP contribution in [0.25, 0.3) is 0 Å². The highest BCUT2D eigenvalue weighted by Crippen LogP contribution is 2.26.